The summed E-state index contributed by atoms with van der Waals surface area (Å²) >= 11 is 1.73. The molecule has 5 nitrogen and oxygen atoms in total. The van der Waals surface area contributed by atoms with Gasteiger partial charge in [-0.15, -0.1) is 11.3 Å². The van der Waals surface area contributed by atoms with E-state index in [1.165, 1.54) is 16.9 Å². The molecule has 1 aliphatic heterocycles. The van der Waals surface area contributed by atoms with Crippen molar-refractivity contribution in [2.45, 2.75) is 38.5 Å². The van der Waals surface area contributed by atoms with Gasteiger partial charge in [-0.1, -0.05) is 36.4 Å². The zero-order valence-electron chi connectivity index (χ0n) is 16.9. The maximum atomic E-state index is 12.9. The van der Waals surface area contributed by atoms with Crippen LogP contribution < -0.4 is 20.1 Å². The normalized spacial score (nSPS) is 17.4. The SMILES string of the molecule is COc1cc(C2NC(=O)c3c(sc4c3CCCC4)N2)ccc1OCc1ccccc1. The molecule has 1 amide bonds. The number of hydrogen-bond donors (Lipinski definition) is 2. The quantitative estimate of drug-likeness (QED) is 0.605. The van der Waals surface area contributed by atoms with Gasteiger partial charge in [-0.2, -0.15) is 0 Å². The minimum atomic E-state index is -0.290. The van der Waals surface area contributed by atoms with Crippen LogP contribution >= 0.6 is 11.3 Å². The zero-order chi connectivity index (χ0) is 20.5. The van der Waals surface area contributed by atoms with Crippen LogP contribution in [0, 0.1) is 0 Å². The average molecular weight is 421 g/mol. The van der Waals surface area contributed by atoms with Crippen LogP contribution in [0.2, 0.25) is 0 Å². The number of rotatable bonds is 5. The topological polar surface area (TPSA) is 59.6 Å². The van der Waals surface area contributed by atoms with Gasteiger partial charge in [0.2, 0.25) is 0 Å². The molecule has 1 aromatic heterocycles. The largest absolute Gasteiger partial charge is 0.493 e. The number of nitrogens with one attached hydrogen (secondary N) is 2. The Kier molecular flexibility index (Phi) is 5.09. The molecule has 5 rings (SSSR count). The van der Waals surface area contributed by atoms with Crippen molar-refractivity contribution in [1.29, 1.82) is 0 Å². The minimum absolute atomic E-state index is 0.0107. The number of carbonyl (C=O) groups excluding carboxylic acids is 1. The van der Waals surface area contributed by atoms with E-state index in [0.29, 0.717) is 18.1 Å². The highest BCUT2D eigenvalue weighted by Gasteiger charge is 2.32. The molecule has 0 saturated heterocycles. The maximum Gasteiger partial charge on any atom is 0.256 e. The Bertz CT molecular complexity index is 1080. The first-order chi connectivity index (χ1) is 14.7. The van der Waals surface area contributed by atoms with E-state index in [0.717, 1.165) is 41.0 Å². The van der Waals surface area contributed by atoms with Gasteiger partial charge in [0, 0.05) is 4.88 Å². The van der Waals surface area contributed by atoms with Crippen molar-refractivity contribution in [3.05, 3.63) is 75.7 Å². The third kappa shape index (κ3) is 3.52. The van der Waals surface area contributed by atoms with Crippen LogP contribution in [0.15, 0.2) is 48.5 Å². The first kappa shape index (κ1) is 19.0. The van der Waals surface area contributed by atoms with Gasteiger partial charge in [0.05, 0.1) is 12.7 Å². The molecule has 154 valence electrons. The van der Waals surface area contributed by atoms with Crippen LogP contribution in [0.1, 0.15) is 50.9 Å². The Morgan fingerprint density at radius 3 is 2.70 bits per heavy atom. The standard InChI is InChI=1S/C24H24N2O3S/c1-28-19-13-16(11-12-18(19)29-14-15-7-3-2-4-8-15)22-25-23(27)21-17-9-5-6-10-20(17)30-24(21)26-22/h2-4,7-8,11-13,22,26H,5-6,9-10,14H2,1H3,(H,25,27). The number of benzene rings is 2. The van der Waals surface area contributed by atoms with Crippen molar-refractivity contribution in [1.82, 2.24) is 5.32 Å². The Balaban J connectivity index is 1.37. The molecular formula is C24H24N2O3S. The molecule has 1 aliphatic carbocycles. The van der Waals surface area contributed by atoms with E-state index in [9.17, 15) is 4.79 Å². The molecule has 30 heavy (non-hydrogen) atoms. The van der Waals surface area contributed by atoms with E-state index in [1.807, 2.05) is 48.5 Å². The monoisotopic (exact) mass is 420 g/mol. The molecule has 6 heteroatoms. The lowest BCUT2D eigenvalue weighted by molar-refractivity contribution is 0.0935. The van der Waals surface area contributed by atoms with Gasteiger partial charge in [-0.05, 0) is 54.5 Å². The summed E-state index contributed by atoms with van der Waals surface area (Å²) < 4.78 is 11.5. The van der Waals surface area contributed by atoms with Crippen molar-refractivity contribution in [3.63, 3.8) is 0 Å². The Hall–Kier alpha value is -2.99. The van der Waals surface area contributed by atoms with Gasteiger partial charge < -0.3 is 20.1 Å². The molecule has 1 unspecified atom stereocenters. The fraction of sp³-hybridized carbons (Fsp3) is 0.292. The molecule has 1 atom stereocenters. The summed E-state index contributed by atoms with van der Waals surface area (Å²) in [6.07, 6.45) is 4.16. The lowest BCUT2D eigenvalue weighted by Crippen LogP contribution is -2.38. The molecule has 0 bridgehead atoms. The molecule has 2 N–H and O–H groups in total. The summed E-state index contributed by atoms with van der Waals surface area (Å²) in [4.78, 5) is 14.2. The summed E-state index contributed by atoms with van der Waals surface area (Å²) in [6, 6.07) is 15.8. The van der Waals surface area contributed by atoms with Crippen molar-refractivity contribution < 1.29 is 14.3 Å². The van der Waals surface area contributed by atoms with Crippen molar-refractivity contribution >= 4 is 22.2 Å². The van der Waals surface area contributed by atoms with Gasteiger partial charge in [0.1, 0.15) is 17.8 Å². The van der Waals surface area contributed by atoms with E-state index in [2.05, 4.69) is 10.6 Å². The van der Waals surface area contributed by atoms with Crippen LogP contribution in [0.4, 0.5) is 5.00 Å². The van der Waals surface area contributed by atoms with Gasteiger partial charge in [0.15, 0.2) is 11.5 Å². The summed E-state index contributed by atoms with van der Waals surface area (Å²) in [5, 5.41) is 7.62. The Morgan fingerprint density at radius 1 is 1.03 bits per heavy atom. The second-order valence-electron chi connectivity index (χ2n) is 7.65. The third-order valence-corrected chi connectivity index (χ3v) is 6.93. The molecular weight excluding hydrogens is 396 g/mol. The van der Waals surface area contributed by atoms with Crippen LogP contribution in [0.5, 0.6) is 11.5 Å². The number of thiophene rings is 1. The summed E-state index contributed by atoms with van der Waals surface area (Å²) in [5.41, 5.74) is 4.12. The first-order valence-electron chi connectivity index (χ1n) is 10.3. The van der Waals surface area contributed by atoms with E-state index in [4.69, 9.17) is 9.47 Å². The summed E-state index contributed by atoms with van der Waals surface area (Å²) in [5.74, 6) is 1.34. The molecule has 0 radical (unpaired) electrons. The predicted molar refractivity (Wildman–Crippen MR) is 119 cm³/mol. The minimum Gasteiger partial charge on any atom is -0.493 e. The fourth-order valence-electron chi connectivity index (χ4n) is 4.16. The van der Waals surface area contributed by atoms with Crippen LogP contribution in [-0.4, -0.2) is 13.0 Å². The van der Waals surface area contributed by atoms with E-state index < -0.39 is 0 Å². The molecule has 0 spiro atoms. The number of carbonyl (C=O) groups is 1. The van der Waals surface area contributed by atoms with Gasteiger partial charge >= 0.3 is 0 Å². The van der Waals surface area contributed by atoms with Gasteiger partial charge in [-0.25, -0.2) is 0 Å². The summed E-state index contributed by atoms with van der Waals surface area (Å²) in [7, 11) is 1.63. The number of amides is 1. The highest BCUT2D eigenvalue weighted by molar-refractivity contribution is 7.16. The second-order valence-corrected chi connectivity index (χ2v) is 8.76. The van der Waals surface area contributed by atoms with E-state index in [-0.39, 0.29) is 12.1 Å². The van der Waals surface area contributed by atoms with Gasteiger partial charge in [-0.3, -0.25) is 4.79 Å². The third-order valence-electron chi connectivity index (χ3n) is 5.71. The van der Waals surface area contributed by atoms with Gasteiger partial charge in [0.25, 0.3) is 5.91 Å². The lowest BCUT2D eigenvalue weighted by Gasteiger charge is -2.27. The number of hydrogen-bond acceptors (Lipinski definition) is 5. The molecule has 0 fully saturated rings. The fourth-order valence-corrected chi connectivity index (χ4v) is 5.48. The zero-order valence-corrected chi connectivity index (χ0v) is 17.7. The lowest BCUT2D eigenvalue weighted by atomic mass is 9.94. The molecule has 2 heterocycles. The smallest absolute Gasteiger partial charge is 0.256 e. The second kappa shape index (κ2) is 8.03. The molecule has 0 saturated carbocycles. The molecule has 2 aromatic carbocycles. The van der Waals surface area contributed by atoms with Crippen LogP contribution in [0.3, 0.4) is 0 Å². The van der Waals surface area contributed by atoms with Crippen molar-refractivity contribution in [2.75, 3.05) is 12.4 Å². The molecule has 2 aliphatic rings. The van der Waals surface area contributed by atoms with Crippen molar-refractivity contribution in [3.8, 4) is 11.5 Å². The number of methoxy groups -OCH3 is 1. The maximum absolute atomic E-state index is 12.9. The number of ether oxygens (including phenoxy) is 2. The first-order valence-corrected chi connectivity index (χ1v) is 11.1. The van der Waals surface area contributed by atoms with E-state index >= 15 is 0 Å². The van der Waals surface area contributed by atoms with Crippen molar-refractivity contribution in [2.24, 2.45) is 0 Å². The number of aryl methyl sites for hydroxylation is 1. The van der Waals surface area contributed by atoms with Crippen LogP contribution in [-0.2, 0) is 19.4 Å². The predicted octanol–water partition coefficient (Wildman–Crippen LogP) is 5.07. The Morgan fingerprint density at radius 2 is 1.87 bits per heavy atom. The van der Waals surface area contributed by atoms with Crippen LogP contribution in [0.25, 0.3) is 0 Å². The molecule has 3 aromatic rings. The number of fused-ring (bicyclic) bond motifs is 3. The van der Waals surface area contributed by atoms with E-state index in [1.54, 1.807) is 18.4 Å². The summed E-state index contributed by atoms with van der Waals surface area (Å²) in [6.45, 7) is 0.471. The average Bonchev–Trinajstić information content (AvgIpc) is 3.17. The Labute approximate surface area is 180 Å². The highest BCUT2D eigenvalue weighted by Crippen LogP contribution is 2.42. The number of anilines is 1. The highest BCUT2D eigenvalue weighted by atomic mass is 32.1.